The molecular formula is C69H127NO5. The molecule has 0 spiro atoms. The van der Waals surface area contributed by atoms with E-state index in [0.29, 0.717) is 19.4 Å². The molecule has 0 aromatic rings. The fraction of sp³-hybridized carbons (Fsp3) is 0.826. The van der Waals surface area contributed by atoms with Crippen molar-refractivity contribution in [3.8, 4) is 0 Å². The number of unbranched alkanes of at least 4 members (excludes halogenated alkanes) is 43. The quantitative estimate of drug-likeness (QED) is 0.0244. The van der Waals surface area contributed by atoms with Crippen molar-refractivity contribution >= 4 is 11.9 Å². The molecule has 3 N–H and O–H groups in total. The van der Waals surface area contributed by atoms with E-state index < -0.39 is 12.1 Å². The van der Waals surface area contributed by atoms with Crippen LogP contribution in [0, 0.1) is 0 Å². The number of rotatable bonds is 61. The molecule has 0 saturated carbocycles. The summed E-state index contributed by atoms with van der Waals surface area (Å²) >= 11 is 0. The summed E-state index contributed by atoms with van der Waals surface area (Å²) in [5.41, 5.74) is 0. The van der Waals surface area contributed by atoms with Crippen LogP contribution in [0.4, 0.5) is 0 Å². The van der Waals surface area contributed by atoms with E-state index in [4.69, 9.17) is 4.74 Å². The molecule has 0 aromatic carbocycles. The molecule has 0 aromatic heterocycles. The Kier molecular flexibility index (Phi) is 62.0. The van der Waals surface area contributed by atoms with E-state index in [2.05, 4.69) is 67.8 Å². The van der Waals surface area contributed by atoms with Gasteiger partial charge in [-0.25, -0.2) is 0 Å². The predicted octanol–water partition coefficient (Wildman–Crippen LogP) is 21.1. The molecular weight excluding hydrogens is 923 g/mol. The largest absolute Gasteiger partial charge is 0.466 e. The van der Waals surface area contributed by atoms with E-state index in [0.717, 1.165) is 83.5 Å². The maximum Gasteiger partial charge on any atom is 0.305 e. The molecule has 6 nitrogen and oxygen atoms in total. The molecule has 438 valence electrons. The molecule has 0 aliphatic carbocycles. The predicted molar refractivity (Wildman–Crippen MR) is 328 cm³/mol. The number of allylic oxidation sites excluding steroid dienone is 9. The Morgan fingerprint density at radius 1 is 0.387 bits per heavy atom. The normalized spacial score (nSPS) is 13.0. The SMILES string of the molecule is CCCCCC/C=C\C/C=C\CCCCCCCCCC(=O)OCCCCC/C=C\C=C/CCCCCCCCC(=O)NC(CO)C(O)/C=C/CCCCCCCCCCCCCCCCCCCCCCCCC. The second kappa shape index (κ2) is 64.1. The Morgan fingerprint density at radius 2 is 0.707 bits per heavy atom. The Bertz CT molecular complexity index is 1300. The van der Waals surface area contributed by atoms with Gasteiger partial charge in [0.1, 0.15) is 0 Å². The number of ether oxygens (including phenoxy) is 1. The first-order chi connectivity index (χ1) is 37.0. The van der Waals surface area contributed by atoms with Crippen molar-refractivity contribution in [3.05, 3.63) is 60.8 Å². The lowest BCUT2D eigenvalue weighted by molar-refractivity contribution is -0.143. The minimum absolute atomic E-state index is 0.0301. The summed E-state index contributed by atoms with van der Waals surface area (Å²) in [5.74, 6) is -0.119. The number of amides is 1. The summed E-state index contributed by atoms with van der Waals surface area (Å²) in [4.78, 5) is 24.6. The van der Waals surface area contributed by atoms with Crippen LogP contribution in [-0.4, -0.2) is 47.4 Å². The second-order valence-electron chi connectivity index (χ2n) is 22.5. The number of nitrogens with one attached hydrogen (secondary N) is 1. The number of aliphatic hydroxyl groups is 2. The van der Waals surface area contributed by atoms with Gasteiger partial charge in [0.25, 0.3) is 0 Å². The third-order valence-electron chi connectivity index (χ3n) is 15.0. The summed E-state index contributed by atoms with van der Waals surface area (Å²) in [7, 11) is 0. The van der Waals surface area contributed by atoms with Gasteiger partial charge < -0.3 is 20.3 Å². The number of hydrogen-bond acceptors (Lipinski definition) is 5. The Morgan fingerprint density at radius 3 is 1.11 bits per heavy atom. The van der Waals surface area contributed by atoms with Gasteiger partial charge in [-0.2, -0.15) is 0 Å². The van der Waals surface area contributed by atoms with Gasteiger partial charge in [-0.05, 0) is 96.3 Å². The minimum Gasteiger partial charge on any atom is -0.466 e. The molecule has 0 radical (unpaired) electrons. The fourth-order valence-electron chi connectivity index (χ4n) is 9.95. The molecule has 75 heavy (non-hydrogen) atoms. The van der Waals surface area contributed by atoms with Crippen LogP contribution in [0.25, 0.3) is 0 Å². The van der Waals surface area contributed by atoms with Crippen LogP contribution in [-0.2, 0) is 14.3 Å². The van der Waals surface area contributed by atoms with E-state index in [9.17, 15) is 19.8 Å². The van der Waals surface area contributed by atoms with Crippen molar-refractivity contribution < 1.29 is 24.5 Å². The van der Waals surface area contributed by atoms with E-state index in [1.165, 1.54) is 231 Å². The maximum atomic E-state index is 12.5. The standard InChI is InChI=1S/C69H127NO5/c1-3-5-7-9-11-13-15-17-19-21-23-24-25-26-27-28-29-30-33-37-41-45-49-53-57-61-67(72)66(65-71)70-68(73)62-58-54-50-46-42-38-34-32-36-40-44-48-52-56-60-64-75-69(74)63-59-55-51-47-43-39-35-31-22-20-18-16-14-12-10-8-6-4-2/h14,16,20,22,32,36,40,44,57,61,66-67,71-72H,3-13,15,17-19,21,23-31,33-35,37-39,41-43,45-56,58-60,62-65H2,1-2H3,(H,70,73)/b16-14-,22-20-,36-32-,44-40-,61-57+. The number of carbonyl (C=O) groups is 2. The van der Waals surface area contributed by atoms with Gasteiger partial charge in [0.2, 0.25) is 5.91 Å². The van der Waals surface area contributed by atoms with Gasteiger partial charge >= 0.3 is 5.97 Å². The van der Waals surface area contributed by atoms with Crippen molar-refractivity contribution in [3.63, 3.8) is 0 Å². The van der Waals surface area contributed by atoms with Crippen LogP contribution < -0.4 is 5.32 Å². The topological polar surface area (TPSA) is 95.9 Å². The number of hydrogen-bond donors (Lipinski definition) is 3. The highest BCUT2D eigenvalue weighted by molar-refractivity contribution is 5.76. The highest BCUT2D eigenvalue weighted by Crippen LogP contribution is 2.17. The van der Waals surface area contributed by atoms with Gasteiger partial charge in [-0.3, -0.25) is 9.59 Å². The van der Waals surface area contributed by atoms with Crippen LogP contribution in [0.15, 0.2) is 60.8 Å². The molecule has 1 amide bonds. The highest BCUT2D eigenvalue weighted by atomic mass is 16.5. The number of carbonyl (C=O) groups excluding carboxylic acids is 2. The first-order valence-corrected chi connectivity index (χ1v) is 33.1. The molecule has 0 saturated heterocycles. The Balaban J connectivity index is 3.54. The van der Waals surface area contributed by atoms with E-state index in [-0.39, 0.29) is 18.5 Å². The monoisotopic (exact) mass is 1050 g/mol. The van der Waals surface area contributed by atoms with Crippen molar-refractivity contribution in [2.75, 3.05) is 13.2 Å². The van der Waals surface area contributed by atoms with Gasteiger partial charge in [0, 0.05) is 12.8 Å². The summed E-state index contributed by atoms with van der Waals surface area (Å²) in [5, 5.41) is 23.2. The van der Waals surface area contributed by atoms with Crippen molar-refractivity contribution in [2.24, 2.45) is 0 Å². The van der Waals surface area contributed by atoms with Crippen LogP contribution in [0.5, 0.6) is 0 Å². The highest BCUT2D eigenvalue weighted by Gasteiger charge is 2.18. The fourth-order valence-corrected chi connectivity index (χ4v) is 9.95. The number of esters is 1. The first-order valence-electron chi connectivity index (χ1n) is 33.1. The third-order valence-corrected chi connectivity index (χ3v) is 15.0. The Labute approximate surface area is 467 Å². The molecule has 0 aliphatic rings. The van der Waals surface area contributed by atoms with Gasteiger partial charge in [-0.1, -0.05) is 293 Å². The lowest BCUT2D eigenvalue weighted by Crippen LogP contribution is -2.45. The Hall–Kier alpha value is -2.44. The first kappa shape index (κ1) is 72.6. The summed E-state index contributed by atoms with van der Waals surface area (Å²) in [6, 6.07) is -0.648. The van der Waals surface area contributed by atoms with Crippen molar-refractivity contribution in [2.45, 2.75) is 353 Å². The van der Waals surface area contributed by atoms with Crippen LogP contribution in [0.1, 0.15) is 341 Å². The summed E-state index contributed by atoms with van der Waals surface area (Å²) in [6.45, 7) is 4.84. The van der Waals surface area contributed by atoms with Gasteiger partial charge in [0.05, 0.1) is 25.4 Å². The molecule has 0 aliphatic heterocycles. The lowest BCUT2D eigenvalue weighted by atomic mass is 10.0. The summed E-state index contributed by atoms with van der Waals surface area (Å²) in [6.07, 6.45) is 84.1. The minimum atomic E-state index is -0.862. The van der Waals surface area contributed by atoms with Gasteiger partial charge in [0.15, 0.2) is 0 Å². The molecule has 2 atom stereocenters. The van der Waals surface area contributed by atoms with E-state index in [1.807, 2.05) is 6.08 Å². The summed E-state index contributed by atoms with van der Waals surface area (Å²) < 4.78 is 5.46. The van der Waals surface area contributed by atoms with E-state index >= 15 is 0 Å². The average molecular weight is 1050 g/mol. The maximum absolute atomic E-state index is 12.5. The molecule has 0 rings (SSSR count). The van der Waals surface area contributed by atoms with Crippen molar-refractivity contribution in [1.29, 1.82) is 0 Å². The average Bonchev–Trinajstić information content (AvgIpc) is 3.41. The zero-order valence-electron chi connectivity index (χ0n) is 50.0. The zero-order chi connectivity index (χ0) is 54.3. The molecule has 2 unspecified atom stereocenters. The molecule has 0 fully saturated rings. The zero-order valence-corrected chi connectivity index (χ0v) is 50.0. The lowest BCUT2D eigenvalue weighted by Gasteiger charge is -2.20. The second-order valence-corrected chi connectivity index (χ2v) is 22.5. The third kappa shape index (κ3) is 60.6. The molecule has 0 heterocycles. The molecule has 6 heteroatoms. The van der Waals surface area contributed by atoms with Crippen LogP contribution in [0.2, 0.25) is 0 Å². The van der Waals surface area contributed by atoms with Crippen LogP contribution >= 0.6 is 0 Å². The van der Waals surface area contributed by atoms with Crippen molar-refractivity contribution in [1.82, 2.24) is 5.32 Å². The van der Waals surface area contributed by atoms with Crippen LogP contribution in [0.3, 0.4) is 0 Å². The molecule has 0 bridgehead atoms. The smallest absolute Gasteiger partial charge is 0.305 e. The van der Waals surface area contributed by atoms with Gasteiger partial charge in [-0.15, -0.1) is 0 Å². The van der Waals surface area contributed by atoms with E-state index in [1.54, 1.807) is 6.08 Å². The number of aliphatic hydroxyl groups excluding tert-OH is 2.